The third-order valence-corrected chi connectivity index (χ3v) is 1.12. The Morgan fingerprint density at radius 3 is 2.67 bits per heavy atom. The van der Waals surface area contributed by atoms with Gasteiger partial charge in [-0.1, -0.05) is 6.58 Å². The highest BCUT2D eigenvalue weighted by atomic mass is 16.7. The molecule has 4 nitrogen and oxygen atoms in total. The van der Waals surface area contributed by atoms with Crippen molar-refractivity contribution in [1.29, 1.82) is 0 Å². The maximum Gasteiger partial charge on any atom is 0.332 e. The molecular weight excluding hydrogens is 160 g/mol. The molecule has 0 aliphatic carbocycles. The average Bonchev–Trinajstić information content (AvgIpc) is 2.03. The molecule has 2 unspecified atom stereocenters. The van der Waals surface area contributed by atoms with Gasteiger partial charge >= 0.3 is 5.97 Å². The highest BCUT2D eigenvalue weighted by molar-refractivity contribution is 5.81. The van der Waals surface area contributed by atoms with Gasteiger partial charge in [0.15, 0.2) is 0 Å². The van der Waals surface area contributed by atoms with Crippen molar-refractivity contribution in [3.63, 3.8) is 0 Å². The van der Waals surface area contributed by atoms with Crippen molar-refractivity contribution in [2.45, 2.75) is 26.2 Å². The molecule has 0 aromatic carbocycles. The zero-order chi connectivity index (χ0) is 9.56. The third kappa shape index (κ3) is 4.10. The molecule has 0 amide bonds. The summed E-state index contributed by atoms with van der Waals surface area (Å²) in [7, 11) is 0. The van der Waals surface area contributed by atoms with Gasteiger partial charge in [0.2, 0.25) is 6.29 Å². The fraction of sp³-hybridized carbons (Fsp3) is 0.625. The molecule has 0 aromatic heterocycles. The Labute approximate surface area is 71.8 Å². The van der Waals surface area contributed by atoms with E-state index in [0.717, 1.165) is 6.08 Å². The molecular formula is C8H14O4. The van der Waals surface area contributed by atoms with Crippen LogP contribution in [0.15, 0.2) is 12.7 Å². The first-order valence-electron chi connectivity index (χ1n) is 3.74. The van der Waals surface area contributed by atoms with E-state index in [0.29, 0.717) is 6.61 Å². The van der Waals surface area contributed by atoms with Crippen molar-refractivity contribution in [1.82, 2.24) is 0 Å². The smallest absolute Gasteiger partial charge is 0.332 e. The number of esters is 1. The van der Waals surface area contributed by atoms with E-state index in [1.54, 1.807) is 6.92 Å². The Morgan fingerprint density at radius 1 is 1.75 bits per heavy atom. The van der Waals surface area contributed by atoms with Gasteiger partial charge in [0.25, 0.3) is 0 Å². The van der Waals surface area contributed by atoms with Gasteiger partial charge in [-0.3, -0.25) is 0 Å². The van der Waals surface area contributed by atoms with Gasteiger partial charge in [0.1, 0.15) is 6.10 Å². The Hall–Kier alpha value is -0.870. The monoisotopic (exact) mass is 174 g/mol. The minimum absolute atomic E-state index is 0.375. The summed E-state index contributed by atoms with van der Waals surface area (Å²) in [5.74, 6) is -0.602. The van der Waals surface area contributed by atoms with Gasteiger partial charge in [-0.25, -0.2) is 4.79 Å². The van der Waals surface area contributed by atoms with E-state index < -0.39 is 18.4 Å². The quantitative estimate of drug-likeness (QED) is 0.373. The normalized spacial score (nSPS) is 14.9. The molecule has 0 aliphatic rings. The van der Waals surface area contributed by atoms with Crippen molar-refractivity contribution in [2.24, 2.45) is 0 Å². The van der Waals surface area contributed by atoms with Crippen LogP contribution in [0.25, 0.3) is 0 Å². The Morgan fingerprint density at radius 2 is 2.33 bits per heavy atom. The lowest BCUT2D eigenvalue weighted by molar-refractivity contribution is -0.194. The summed E-state index contributed by atoms with van der Waals surface area (Å²) in [6.07, 6.45) is -0.719. The Kier molecular flexibility index (Phi) is 5.32. The highest BCUT2D eigenvalue weighted by Gasteiger charge is 2.17. The molecule has 0 aliphatic heterocycles. The van der Waals surface area contributed by atoms with Gasteiger partial charge in [-0.2, -0.15) is 0 Å². The number of aliphatic hydroxyl groups is 1. The van der Waals surface area contributed by atoms with Crippen LogP contribution in [0, 0.1) is 0 Å². The summed E-state index contributed by atoms with van der Waals surface area (Å²) in [6, 6.07) is 0. The summed E-state index contributed by atoms with van der Waals surface area (Å²) < 4.78 is 9.61. The molecule has 0 fully saturated rings. The average molecular weight is 174 g/mol. The van der Waals surface area contributed by atoms with Crippen LogP contribution in [0.3, 0.4) is 0 Å². The van der Waals surface area contributed by atoms with Crippen LogP contribution in [0.5, 0.6) is 0 Å². The Balaban J connectivity index is 3.94. The van der Waals surface area contributed by atoms with Crippen LogP contribution in [0.1, 0.15) is 13.8 Å². The number of hydrogen-bond donors (Lipinski definition) is 1. The van der Waals surface area contributed by atoms with E-state index in [1.165, 1.54) is 6.92 Å². The lowest BCUT2D eigenvalue weighted by Gasteiger charge is -2.18. The third-order valence-electron chi connectivity index (χ3n) is 1.12. The van der Waals surface area contributed by atoms with Crippen LogP contribution in [-0.4, -0.2) is 30.1 Å². The van der Waals surface area contributed by atoms with E-state index in [-0.39, 0.29) is 0 Å². The van der Waals surface area contributed by atoms with Gasteiger partial charge in [-0.15, -0.1) is 0 Å². The summed E-state index contributed by atoms with van der Waals surface area (Å²) >= 11 is 0. The summed E-state index contributed by atoms with van der Waals surface area (Å²) in [5.41, 5.74) is 0. The molecule has 0 saturated heterocycles. The number of hydrogen-bond acceptors (Lipinski definition) is 4. The number of ether oxygens (including phenoxy) is 2. The number of carbonyl (C=O) groups is 1. The van der Waals surface area contributed by atoms with Crippen molar-refractivity contribution in [3.8, 4) is 0 Å². The van der Waals surface area contributed by atoms with E-state index in [1.807, 2.05) is 0 Å². The molecule has 0 aromatic rings. The van der Waals surface area contributed by atoms with Crippen LogP contribution in [0.2, 0.25) is 0 Å². The summed E-state index contributed by atoms with van der Waals surface area (Å²) in [5, 5.41) is 9.05. The minimum Gasteiger partial charge on any atom is -0.430 e. The summed E-state index contributed by atoms with van der Waals surface area (Å²) in [6.45, 7) is 6.83. The number of rotatable bonds is 5. The molecule has 70 valence electrons. The standard InChI is InChI=1S/C8H14O4/c1-4-7(10)12-8(6(3)9)11-5-2/h4,6,8-9H,1,5H2,2-3H3. The first-order chi connectivity index (χ1) is 5.61. The molecule has 1 N–H and O–H groups in total. The molecule has 12 heavy (non-hydrogen) atoms. The predicted molar refractivity (Wildman–Crippen MR) is 43.4 cm³/mol. The molecule has 0 heterocycles. The van der Waals surface area contributed by atoms with Crippen molar-refractivity contribution in [2.75, 3.05) is 6.61 Å². The second-order valence-electron chi connectivity index (χ2n) is 2.21. The zero-order valence-electron chi connectivity index (χ0n) is 7.32. The van der Waals surface area contributed by atoms with Crippen LogP contribution in [0.4, 0.5) is 0 Å². The minimum atomic E-state index is -0.902. The second-order valence-corrected chi connectivity index (χ2v) is 2.21. The number of carbonyl (C=O) groups excluding carboxylic acids is 1. The van der Waals surface area contributed by atoms with Gasteiger partial charge in [-0.05, 0) is 13.8 Å². The first kappa shape index (κ1) is 11.1. The highest BCUT2D eigenvalue weighted by Crippen LogP contribution is 2.01. The predicted octanol–water partition coefficient (Wildman–Crippen LogP) is 0.459. The fourth-order valence-electron chi connectivity index (χ4n) is 0.599. The molecule has 0 bridgehead atoms. The van der Waals surface area contributed by atoms with Crippen LogP contribution in [-0.2, 0) is 14.3 Å². The molecule has 0 spiro atoms. The van der Waals surface area contributed by atoms with E-state index in [2.05, 4.69) is 11.3 Å². The summed E-state index contributed by atoms with van der Waals surface area (Å²) in [4.78, 5) is 10.7. The molecule has 0 rings (SSSR count). The van der Waals surface area contributed by atoms with Crippen LogP contribution < -0.4 is 0 Å². The van der Waals surface area contributed by atoms with Gasteiger partial charge in [0, 0.05) is 12.7 Å². The van der Waals surface area contributed by atoms with Crippen molar-refractivity contribution >= 4 is 5.97 Å². The molecule has 0 radical (unpaired) electrons. The van der Waals surface area contributed by atoms with Crippen molar-refractivity contribution in [3.05, 3.63) is 12.7 Å². The van der Waals surface area contributed by atoms with Crippen molar-refractivity contribution < 1.29 is 19.4 Å². The maximum atomic E-state index is 10.7. The first-order valence-corrected chi connectivity index (χ1v) is 3.74. The van der Waals surface area contributed by atoms with Crippen LogP contribution >= 0.6 is 0 Å². The van der Waals surface area contributed by atoms with E-state index in [9.17, 15) is 4.79 Å². The lowest BCUT2D eigenvalue weighted by Crippen LogP contribution is -2.31. The SMILES string of the molecule is C=CC(=O)OC(OCC)C(C)O. The van der Waals surface area contributed by atoms with Gasteiger partial charge < -0.3 is 14.6 Å². The topological polar surface area (TPSA) is 55.8 Å². The second kappa shape index (κ2) is 5.74. The van der Waals surface area contributed by atoms with E-state index in [4.69, 9.17) is 9.84 Å². The molecule has 0 saturated carbocycles. The fourth-order valence-corrected chi connectivity index (χ4v) is 0.599. The van der Waals surface area contributed by atoms with E-state index >= 15 is 0 Å². The maximum absolute atomic E-state index is 10.7. The Bertz CT molecular complexity index is 153. The zero-order valence-corrected chi connectivity index (χ0v) is 7.32. The largest absolute Gasteiger partial charge is 0.430 e. The lowest BCUT2D eigenvalue weighted by atomic mass is 10.4. The molecule has 4 heteroatoms. The van der Waals surface area contributed by atoms with Gasteiger partial charge in [0.05, 0.1) is 0 Å². The number of aliphatic hydroxyl groups excluding tert-OH is 1. The molecule has 2 atom stereocenters.